The lowest BCUT2D eigenvalue weighted by atomic mass is 10.4. The fourth-order valence-corrected chi connectivity index (χ4v) is 0.786. The molecule has 11 heavy (non-hydrogen) atoms. The van der Waals surface area contributed by atoms with Crippen LogP contribution in [-0.4, -0.2) is 26.0 Å². The summed E-state index contributed by atoms with van der Waals surface area (Å²) in [5.74, 6) is 0. The Morgan fingerprint density at radius 1 is 1.27 bits per heavy atom. The van der Waals surface area contributed by atoms with Crippen LogP contribution in [0.2, 0.25) is 0 Å². The molecule has 0 heterocycles. The first-order valence-corrected chi connectivity index (χ1v) is 4.28. The summed E-state index contributed by atoms with van der Waals surface area (Å²) < 4.78 is 10.7. The second kappa shape index (κ2) is 7.98. The highest BCUT2D eigenvalue weighted by Gasteiger charge is 2.05. The quantitative estimate of drug-likeness (QED) is 0.569. The largest absolute Gasteiger partial charge is 0.353 e. The van der Waals surface area contributed by atoms with Crippen LogP contribution < -0.4 is 5.73 Å². The average molecular weight is 161 g/mol. The van der Waals surface area contributed by atoms with Crippen LogP contribution >= 0.6 is 0 Å². The summed E-state index contributed by atoms with van der Waals surface area (Å²) in [6.07, 6.45) is 1.71. The van der Waals surface area contributed by atoms with E-state index in [1.807, 2.05) is 6.92 Å². The zero-order chi connectivity index (χ0) is 8.53. The van der Waals surface area contributed by atoms with Crippen molar-refractivity contribution in [2.24, 2.45) is 5.73 Å². The molecule has 0 aliphatic rings. The summed E-state index contributed by atoms with van der Waals surface area (Å²) in [5.41, 5.74) is 5.37. The molecule has 68 valence electrons. The summed E-state index contributed by atoms with van der Waals surface area (Å²) in [6.45, 7) is 6.09. The third-order valence-electron chi connectivity index (χ3n) is 1.26. The zero-order valence-electron chi connectivity index (χ0n) is 7.51. The molecule has 0 aromatic carbocycles. The lowest BCUT2D eigenvalue weighted by Crippen LogP contribution is -2.21. The van der Waals surface area contributed by atoms with Crippen LogP contribution in [0.5, 0.6) is 0 Å². The Morgan fingerprint density at radius 2 is 2.00 bits per heavy atom. The van der Waals surface area contributed by atoms with E-state index in [9.17, 15) is 0 Å². The number of ether oxygens (including phenoxy) is 2. The Balaban J connectivity index is 3.34. The smallest absolute Gasteiger partial charge is 0.158 e. The monoisotopic (exact) mass is 161 g/mol. The Hall–Kier alpha value is -0.120. The van der Waals surface area contributed by atoms with Gasteiger partial charge in [0.25, 0.3) is 0 Å². The van der Waals surface area contributed by atoms with E-state index >= 15 is 0 Å². The Bertz CT molecular complexity index is 72.5. The minimum atomic E-state index is -0.0926. The first-order chi connectivity index (χ1) is 5.35. The van der Waals surface area contributed by atoms with Gasteiger partial charge in [0.1, 0.15) is 0 Å². The maximum absolute atomic E-state index is 5.37. The fraction of sp³-hybridized carbons (Fsp3) is 1.00. The van der Waals surface area contributed by atoms with Crippen LogP contribution in [0.4, 0.5) is 0 Å². The predicted molar refractivity (Wildman–Crippen MR) is 45.3 cm³/mol. The summed E-state index contributed by atoms with van der Waals surface area (Å²) in [5, 5.41) is 0. The van der Waals surface area contributed by atoms with Crippen molar-refractivity contribution in [2.75, 3.05) is 19.8 Å². The minimum Gasteiger partial charge on any atom is -0.353 e. The highest BCUT2D eigenvalue weighted by atomic mass is 16.7. The summed E-state index contributed by atoms with van der Waals surface area (Å²) in [6, 6.07) is 0. The van der Waals surface area contributed by atoms with Gasteiger partial charge >= 0.3 is 0 Å². The van der Waals surface area contributed by atoms with Gasteiger partial charge in [-0.15, -0.1) is 0 Å². The van der Waals surface area contributed by atoms with Gasteiger partial charge in [0, 0.05) is 19.6 Å². The number of hydrogen-bond donors (Lipinski definition) is 1. The van der Waals surface area contributed by atoms with Gasteiger partial charge in [-0.05, 0) is 19.9 Å². The molecule has 0 aliphatic carbocycles. The summed E-state index contributed by atoms with van der Waals surface area (Å²) in [7, 11) is 0. The van der Waals surface area contributed by atoms with Crippen molar-refractivity contribution in [1.29, 1.82) is 0 Å². The third-order valence-corrected chi connectivity index (χ3v) is 1.26. The molecule has 0 spiro atoms. The van der Waals surface area contributed by atoms with Crippen molar-refractivity contribution in [1.82, 2.24) is 0 Å². The van der Waals surface area contributed by atoms with Crippen LogP contribution in [-0.2, 0) is 9.47 Å². The van der Waals surface area contributed by atoms with Gasteiger partial charge in [0.2, 0.25) is 0 Å². The standard InChI is InChI=1S/C8H19NO2/c1-3-7-11-8(5-6-9)10-4-2/h8H,3-7,9H2,1-2H3. The van der Waals surface area contributed by atoms with Gasteiger partial charge in [-0.1, -0.05) is 6.92 Å². The van der Waals surface area contributed by atoms with Crippen LogP contribution in [0.25, 0.3) is 0 Å². The van der Waals surface area contributed by atoms with Gasteiger partial charge in [-0.2, -0.15) is 0 Å². The Labute approximate surface area is 68.9 Å². The lowest BCUT2D eigenvalue weighted by molar-refractivity contribution is -0.141. The fourth-order valence-electron chi connectivity index (χ4n) is 0.786. The van der Waals surface area contributed by atoms with E-state index in [4.69, 9.17) is 15.2 Å². The molecule has 0 rings (SSSR count). The van der Waals surface area contributed by atoms with Gasteiger partial charge in [-0.25, -0.2) is 0 Å². The second-order valence-corrected chi connectivity index (χ2v) is 2.33. The maximum Gasteiger partial charge on any atom is 0.158 e. The lowest BCUT2D eigenvalue weighted by Gasteiger charge is -2.15. The molecule has 0 saturated heterocycles. The van der Waals surface area contributed by atoms with Crippen LogP contribution in [0.3, 0.4) is 0 Å². The summed E-state index contributed by atoms with van der Waals surface area (Å²) in [4.78, 5) is 0. The SMILES string of the molecule is CCCOC(CCN)OCC. The van der Waals surface area contributed by atoms with E-state index in [1.165, 1.54) is 0 Å². The van der Waals surface area contributed by atoms with Gasteiger partial charge in [0.15, 0.2) is 6.29 Å². The van der Waals surface area contributed by atoms with E-state index in [-0.39, 0.29) is 6.29 Å². The molecular weight excluding hydrogens is 142 g/mol. The van der Waals surface area contributed by atoms with Gasteiger partial charge in [-0.3, -0.25) is 0 Å². The van der Waals surface area contributed by atoms with Crippen molar-refractivity contribution in [2.45, 2.75) is 33.0 Å². The topological polar surface area (TPSA) is 44.5 Å². The first kappa shape index (κ1) is 10.9. The molecule has 0 radical (unpaired) electrons. The normalized spacial score (nSPS) is 13.4. The van der Waals surface area contributed by atoms with E-state index < -0.39 is 0 Å². The van der Waals surface area contributed by atoms with Crippen molar-refractivity contribution in [3.8, 4) is 0 Å². The average Bonchev–Trinajstić information content (AvgIpc) is 2.01. The molecule has 0 aromatic heterocycles. The molecule has 0 bridgehead atoms. The summed E-state index contributed by atoms with van der Waals surface area (Å²) >= 11 is 0. The molecule has 2 N–H and O–H groups in total. The molecule has 0 fully saturated rings. The van der Waals surface area contributed by atoms with E-state index in [2.05, 4.69) is 6.92 Å². The number of rotatable bonds is 7. The third kappa shape index (κ3) is 6.28. The van der Waals surface area contributed by atoms with E-state index in [0.717, 1.165) is 19.4 Å². The molecule has 1 atom stereocenters. The molecule has 0 saturated carbocycles. The van der Waals surface area contributed by atoms with Gasteiger partial charge < -0.3 is 15.2 Å². The van der Waals surface area contributed by atoms with Crippen molar-refractivity contribution >= 4 is 0 Å². The highest BCUT2D eigenvalue weighted by Crippen LogP contribution is 1.99. The van der Waals surface area contributed by atoms with E-state index in [0.29, 0.717) is 13.2 Å². The molecular formula is C8H19NO2. The minimum absolute atomic E-state index is 0.0926. The highest BCUT2D eigenvalue weighted by molar-refractivity contribution is 4.45. The number of nitrogens with two attached hydrogens (primary N) is 1. The zero-order valence-corrected chi connectivity index (χ0v) is 7.51. The Kier molecular flexibility index (Phi) is 7.89. The number of hydrogen-bond acceptors (Lipinski definition) is 3. The molecule has 0 amide bonds. The van der Waals surface area contributed by atoms with E-state index in [1.54, 1.807) is 0 Å². The van der Waals surface area contributed by atoms with Crippen molar-refractivity contribution < 1.29 is 9.47 Å². The second-order valence-electron chi connectivity index (χ2n) is 2.33. The van der Waals surface area contributed by atoms with Gasteiger partial charge in [0.05, 0.1) is 0 Å². The van der Waals surface area contributed by atoms with Crippen molar-refractivity contribution in [3.63, 3.8) is 0 Å². The molecule has 3 nitrogen and oxygen atoms in total. The Morgan fingerprint density at radius 3 is 2.45 bits per heavy atom. The van der Waals surface area contributed by atoms with Crippen LogP contribution in [0.15, 0.2) is 0 Å². The molecule has 0 aromatic rings. The molecule has 3 heteroatoms. The first-order valence-electron chi connectivity index (χ1n) is 4.28. The predicted octanol–water partition coefficient (Wildman–Crippen LogP) is 1.12. The van der Waals surface area contributed by atoms with Crippen LogP contribution in [0.1, 0.15) is 26.7 Å². The molecule has 1 unspecified atom stereocenters. The molecule has 0 aliphatic heterocycles. The van der Waals surface area contributed by atoms with Crippen LogP contribution in [0, 0.1) is 0 Å². The maximum atomic E-state index is 5.37. The van der Waals surface area contributed by atoms with Crippen molar-refractivity contribution in [3.05, 3.63) is 0 Å².